The zero-order valence-corrected chi connectivity index (χ0v) is 9.89. The number of benzene rings is 1. The standard InChI is InChI=1S/C16H19N/c1-2-3-4-5-6-7-11-14-17-15-16-12-9-8-10-13-16/h7-14H,4-6,15H2,1H3/b11-7+,17-14?/i1D3. The second kappa shape index (κ2) is 9.42. The first-order chi connectivity index (χ1) is 9.58. The van der Waals surface area contributed by atoms with Gasteiger partial charge in [-0.15, -0.1) is 11.8 Å². The average Bonchev–Trinajstić information content (AvgIpc) is 2.41. The molecular formula is C16H19N. The molecule has 0 aliphatic rings. The Morgan fingerprint density at radius 1 is 1.35 bits per heavy atom. The quantitative estimate of drug-likeness (QED) is 0.396. The van der Waals surface area contributed by atoms with E-state index in [0.29, 0.717) is 13.0 Å². The molecule has 17 heavy (non-hydrogen) atoms. The van der Waals surface area contributed by atoms with E-state index in [0.717, 1.165) is 12.8 Å². The topological polar surface area (TPSA) is 12.4 Å². The summed E-state index contributed by atoms with van der Waals surface area (Å²) in [4.78, 5) is 4.29. The number of nitrogens with zero attached hydrogens (tertiary/aromatic N) is 1. The van der Waals surface area contributed by atoms with Crippen molar-refractivity contribution in [1.29, 1.82) is 0 Å². The van der Waals surface area contributed by atoms with E-state index in [1.54, 1.807) is 6.21 Å². The van der Waals surface area contributed by atoms with E-state index in [9.17, 15) is 0 Å². The summed E-state index contributed by atoms with van der Waals surface area (Å²) in [6.07, 6.45) is 8.09. The van der Waals surface area contributed by atoms with Gasteiger partial charge in [0.15, 0.2) is 0 Å². The van der Waals surface area contributed by atoms with Crippen LogP contribution in [0.5, 0.6) is 0 Å². The van der Waals surface area contributed by atoms with Crippen LogP contribution in [0.3, 0.4) is 0 Å². The Bertz CT molecular complexity index is 490. The van der Waals surface area contributed by atoms with Gasteiger partial charge in [0.05, 0.1) is 6.54 Å². The fraction of sp³-hybridized carbons (Fsp3) is 0.312. The van der Waals surface area contributed by atoms with Gasteiger partial charge >= 0.3 is 0 Å². The molecule has 0 saturated heterocycles. The lowest BCUT2D eigenvalue weighted by atomic mass is 10.2. The number of allylic oxidation sites excluding steroid dienone is 2. The van der Waals surface area contributed by atoms with Crippen molar-refractivity contribution in [2.24, 2.45) is 4.99 Å². The molecular weight excluding hydrogens is 206 g/mol. The molecule has 0 spiro atoms. The van der Waals surface area contributed by atoms with Crippen LogP contribution in [0.15, 0.2) is 47.5 Å². The molecule has 0 atom stereocenters. The summed E-state index contributed by atoms with van der Waals surface area (Å²) in [6, 6.07) is 10.1. The van der Waals surface area contributed by atoms with E-state index in [-0.39, 0.29) is 0 Å². The normalized spacial score (nSPS) is 14.0. The maximum Gasteiger partial charge on any atom is 0.0639 e. The Balaban J connectivity index is 2.12. The van der Waals surface area contributed by atoms with Crippen molar-refractivity contribution in [2.45, 2.75) is 32.7 Å². The van der Waals surface area contributed by atoms with Gasteiger partial charge in [-0.2, -0.15) is 0 Å². The highest BCUT2D eigenvalue weighted by Gasteiger charge is 1.84. The molecule has 0 bridgehead atoms. The van der Waals surface area contributed by atoms with Crippen LogP contribution in [0.25, 0.3) is 0 Å². The van der Waals surface area contributed by atoms with Crippen LogP contribution >= 0.6 is 0 Å². The summed E-state index contributed by atoms with van der Waals surface area (Å²) < 4.78 is 20.8. The molecule has 0 aromatic heterocycles. The first kappa shape index (κ1) is 9.24. The summed E-state index contributed by atoms with van der Waals surface area (Å²) in [5.74, 6) is 4.92. The van der Waals surface area contributed by atoms with Gasteiger partial charge in [-0.1, -0.05) is 36.4 Å². The predicted molar refractivity (Wildman–Crippen MR) is 75.1 cm³/mol. The molecule has 0 radical (unpaired) electrons. The molecule has 0 fully saturated rings. The van der Waals surface area contributed by atoms with Gasteiger partial charge in [0.25, 0.3) is 0 Å². The summed E-state index contributed by atoms with van der Waals surface area (Å²) in [5, 5.41) is 0. The zero-order valence-electron chi connectivity index (χ0n) is 12.9. The van der Waals surface area contributed by atoms with E-state index in [1.807, 2.05) is 42.5 Å². The fourth-order valence-corrected chi connectivity index (χ4v) is 1.33. The Morgan fingerprint density at radius 2 is 2.24 bits per heavy atom. The monoisotopic (exact) mass is 228 g/mol. The van der Waals surface area contributed by atoms with E-state index in [1.165, 1.54) is 5.56 Å². The van der Waals surface area contributed by atoms with Gasteiger partial charge in [-0.25, -0.2) is 0 Å². The summed E-state index contributed by atoms with van der Waals surface area (Å²) in [6.45, 7) is -1.44. The Labute approximate surface area is 109 Å². The summed E-state index contributed by atoms with van der Waals surface area (Å²) in [7, 11) is 0. The lowest BCUT2D eigenvalue weighted by molar-refractivity contribution is 0.885. The smallest absolute Gasteiger partial charge is 0.0639 e. The molecule has 0 aliphatic heterocycles. The first-order valence-electron chi connectivity index (χ1n) is 7.27. The van der Waals surface area contributed by atoms with Crippen LogP contribution in [0.2, 0.25) is 0 Å². The van der Waals surface area contributed by atoms with Crippen LogP contribution in [0, 0.1) is 11.8 Å². The number of hydrogen-bond acceptors (Lipinski definition) is 1. The highest BCUT2D eigenvalue weighted by atomic mass is 14.7. The molecule has 0 unspecified atom stereocenters. The maximum absolute atomic E-state index is 6.92. The SMILES string of the molecule is [2H]C([2H])([2H])C#CCCC/C=C/C=NCc1ccccc1. The van der Waals surface area contributed by atoms with Gasteiger partial charge in [-0.05, 0) is 31.3 Å². The number of aliphatic imine (C=N–C) groups is 1. The Morgan fingerprint density at radius 3 is 3.06 bits per heavy atom. The lowest BCUT2D eigenvalue weighted by Gasteiger charge is -1.92. The molecule has 1 nitrogen and oxygen atoms in total. The third-order valence-corrected chi connectivity index (χ3v) is 2.21. The molecule has 0 saturated carbocycles. The van der Waals surface area contributed by atoms with Crippen molar-refractivity contribution in [2.75, 3.05) is 0 Å². The molecule has 88 valence electrons. The van der Waals surface area contributed by atoms with E-state index in [2.05, 4.69) is 16.8 Å². The zero-order chi connectivity index (χ0) is 14.7. The number of hydrogen-bond donors (Lipinski definition) is 0. The molecule has 1 aromatic carbocycles. The van der Waals surface area contributed by atoms with Gasteiger partial charge < -0.3 is 0 Å². The van der Waals surface area contributed by atoms with Gasteiger partial charge in [0, 0.05) is 16.7 Å². The minimum Gasteiger partial charge on any atom is -0.288 e. The van der Waals surface area contributed by atoms with Crippen LogP contribution in [0.1, 0.15) is 35.8 Å². The minimum absolute atomic E-state index is 0.615. The van der Waals surface area contributed by atoms with Crippen molar-refractivity contribution < 1.29 is 4.11 Å². The van der Waals surface area contributed by atoms with Crippen molar-refractivity contribution >= 4 is 6.21 Å². The van der Waals surface area contributed by atoms with Gasteiger partial charge in [-0.3, -0.25) is 4.99 Å². The van der Waals surface area contributed by atoms with Crippen LogP contribution in [0.4, 0.5) is 0 Å². The molecule has 1 aromatic rings. The van der Waals surface area contributed by atoms with E-state index in [4.69, 9.17) is 4.11 Å². The number of unbranched alkanes of at least 4 members (excludes halogenated alkanes) is 2. The van der Waals surface area contributed by atoms with Crippen LogP contribution in [-0.2, 0) is 6.54 Å². The summed E-state index contributed by atoms with van der Waals surface area (Å²) >= 11 is 0. The Hall–Kier alpha value is -1.81. The number of rotatable bonds is 6. The third-order valence-electron chi connectivity index (χ3n) is 2.21. The Kier molecular flexibility index (Phi) is 5.12. The molecule has 1 heteroatoms. The predicted octanol–water partition coefficient (Wildman–Crippen LogP) is 4.01. The van der Waals surface area contributed by atoms with Crippen molar-refractivity contribution in [3.05, 3.63) is 48.0 Å². The maximum atomic E-state index is 6.92. The lowest BCUT2D eigenvalue weighted by Crippen LogP contribution is -1.79. The average molecular weight is 228 g/mol. The van der Waals surface area contributed by atoms with Crippen molar-refractivity contribution in [1.82, 2.24) is 0 Å². The molecule has 0 heterocycles. The second-order valence-corrected chi connectivity index (χ2v) is 3.60. The first-order valence-corrected chi connectivity index (χ1v) is 5.77. The fourth-order valence-electron chi connectivity index (χ4n) is 1.33. The van der Waals surface area contributed by atoms with E-state index >= 15 is 0 Å². The van der Waals surface area contributed by atoms with Crippen molar-refractivity contribution in [3.8, 4) is 11.8 Å². The molecule has 1 rings (SSSR count). The minimum atomic E-state index is -2.13. The third kappa shape index (κ3) is 7.14. The molecule has 0 N–H and O–H groups in total. The second-order valence-electron chi connectivity index (χ2n) is 3.60. The van der Waals surface area contributed by atoms with Gasteiger partial charge in [0.2, 0.25) is 0 Å². The van der Waals surface area contributed by atoms with Gasteiger partial charge in [0.1, 0.15) is 0 Å². The van der Waals surface area contributed by atoms with Crippen molar-refractivity contribution in [3.63, 3.8) is 0 Å². The van der Waals surface area contributed by atoms with Crippen LogP contribution < -0.4 is 0 Å². The molecule has 0 aliphatic carbocycles. The highest BCUT2D eigenvalue weighted by Crippen LogP contribution is 1.99. The van der Waals surface area contributed by atoms with Crippen LogP contribution in [-0.4, -0.2) is 6.21 Å². The van der Waals surface area contributed by atoms with E-state index < -0.39 is 6.85 Å². The largest absolute Gasteiger partial charge is 0.288 e. The molecule has 0 amide bonds. The highest BCUT2D eigenvalue weighted by molar-refractivity contribution is 5.70. The summed E-state index contributed by atoms with van der Waals surface area (Å²) in [5.41, 5.74) is 1.19.